The molecule has 220 valence electrons. The van der Waals surface area contributed by atoms with Crippen LogP contribution in [-0.2, 0) is 37.0 Å². The minimum Gasteiger partial charge on any atom is -0.374 e. The fraction of sp³-hybridized carbons (Fsp3) is 0.364. The zero-order valence-corrected chi connectivity index (χ0v) is 23.5. The van der Waals surface area contributed by atoms with E-state index in [9.17, 15) is 19.5 Å². The molecule has 1 unspecified atom stereocenters. The molecule has 9 nitrogen and oxygen atoms in total. The van der Waals surface area contributed by atoms with Gasteiger partial charge in [0.2, 0.25) is 0 Å². The number of fused-ring (bicyclic) bond motifs is 1. The number of hydrogen-bond acceptors (Lipinski definition) is 8. The minimum atomic E-state index is -1.56. The highest BCUT2D eigenvalue weighted by Gasteiger charge is 2.54. The molecule has 0 aromatic heterocycles. The smallest absolute Gasteiger partial charge is 0.262 e. The third-order valence-electron chi connectivity index (χ3n) is 7.42. The van der Waals surface area contributed by atoms with Crippen LogP contribution in [0.3, 0.4) is 0 Å². The first-order valence-electron chi connectivity index (χ1n) is 14.1. The van der Waals surface area contributed by atoms with Crippen LogP contribution in [-0.4, -0.2) is 71.5 Å². The molecule has 0 saturated carbocycles. The summed E-state index contributed by atoms with van der Waals surface area (Å²) in [5.74, 6) is -1.03. The Hall–Kier alpha value is -3.73. The number of rotatable bonds is 13. The van der Waals surface area contributed by atoms with E-state index >= 15 is 0 Å². The fourth-order valence-electron chi connectivity index (χ4n) is 5.36. The van der Waals surface area contributed by atoms with Crippen LogP contribution in [0.2, 0.25) is 0 Å². The Balaban J connectivity index is 1.43. The monoisotopic (exact) mass is 573 g/mol. The van der Waals surface area contributed by atoms with Gasteiger partial charge in [0.05, 0.1) is 30.9 Å². The molecule has 1 saturated heterocycles. The lowest BCUT2D eigenvalue weighted by molar-refractivity contribution is -0.284. The summed E-state index contributed by atoms with van der Waals surface area (Å²) in [5.41, 5.74) is 2.34. The summed E-state index contributed by atoms with van der Waals surface area (Å²) < 4.78 is 24.7. The van der Waals surface area contributed by atoms with Gasteiger partial charge in [-0.25, -0.2) is 0 Å². The number of Topliss-reactive ketones (excluding diaryl/α,β-unsaturated/α-hetero) is 1. The van der Waals surface area contributed by atoms with Gasteiger partial charge < -0.3 is 28.8 Å². The van der Waals surface area contributed by atoms with Gasteiger partial charge in [0.1, 0.15) is 30.1 Å². The minimum absolute atomic E-state index is 0.0393. The van der Waals surface area contributed by atoms with Gasteiger partial charge in [-0.3, -0.25) is 14.5 Å². The average Bonchev–Trinajstić information content (AvgIpc) is 3.25. The molecule has 1 N–H and O–H groups in total. The number of benzene rings is 3. The van der Waals surface area contributed by atoms with Crippen LogP contribution in [0.15, 0.2) is 84.9 Å². The average molecular weight is 574 g/mol. The van der Waals surface area contributed by atoms with Crippen LogP contribution in [0, 0.1) is 0 Å². The number of ether oxygens (including phenoxy) is 4. The lowest BCUT2D eigenvalue weighted by atomic mass is 9.94. The van der Waals surface area contributed by atoms with Gasteiger partial charge in [-0.2, -0.15) is 0 Å². The second-order valence-electron chi connectivity index (χ2n) is 10.5. The Kier molecular flexibility index (Phi) is 9.89. The quantitative estimate of drug-likeness (QED) is 0.242. The molecule has 3 aromatic carbocycles. The zero-order valence-electron chi connectivity index (χ0n) is 23.5. The molecule has 0 aliphatic carbocycles. The maximum atomic E-state index is 13.5. The number of nitrogens with zero attached hydrogens (tertiary/aromatic N) is 1. The lowest BCUT2D eigenvalue weighted by Crippen LogP contribution is -2.66. The van der Waals surface area contributed by atoms with Crippen molar-refractivity contribution in [3.8, 4) is 0 Å². The van der Waals surface area contributed by atoms with Gasteiger partial charge in [0.25, 0.3) is 11.8 Å². The number of aliphatic hydroxyl groups is 1. The van der Waals surface area contributed by atoms with Crippen molar-refractivity contribution in [3.63, 3.8) is 0 Å². The van der Waals surface area contributed by atoms with Crippen LogP contribution < -0.4 is 0 Å². The predicted octanol–water partition coefficient (Wildman–Crippen LogP) is 3.93. The predicted molar refractivity (Wildman–Crippen MR) is 152 cm³/mol. The molecule has 3 aromatic rings. The molecule has 0 bridgehead atoms. The van der Waals surface area contributed by atoms with E-state index in [2.05, 4.69) is 0 Å². The number of aliphatic hydroxyl groups excluding tert-OH is 1. The molecule has 2 amide bonds. The molecule has 2 heterocycles. The SMILES string of the molecule is CC(=O)CCCO[C@H]1[C@H](OCc2ccccc2)[C@@H](N2C(=O)c3ccccc3C2=O)C(O)O[C@@H]1COCc1ccccc1. The normalized spacial score (nSPS) is 23.7. The van der Waals surface area contributed by atoms with Gasteiger partial charge >= 0.3 is 0 Å². The van der Waals surface area contributed by atoms with Crippen LogP contribution in [0.1, 0.15) is 51.6 Å². The highest BCUT2D eigenvalue weighted by molar-refractivity contribution is 6.21. The first kappa shape index (κ1) is 29.8. The summed E-state index contributed by atoms with van der Waals surface area (Å²) in [5, 5.41) is 11.4. The largest absolute Gasteiger partial charge is 0.374 e. The summed E-state index contributed by atoms with van der Waals surface area (Å²) in [6.45, 7) is 2.24. The Morgan fingerprint density at radius 1 is 0.810 bits per heavy atom. The van der Waals surface area contributed by atoms with Gasteiger partial charge in [-0.1, -0.05) is 72.8 Å². The summed E-state index contributed by atoms with van der Waals surface area (Å²) in [7, 11) is 0. The summed E-state index contributed by atoms with van der Waals surface area (Å²) in [4.78, 5) is 39.6. The van der Waals surface area contributed by atoms with E-state index in [1.165, 1.54) is 6.92 Å². The van der Waals surface area contributed by atoms with Gasteiger partial charge in [-0.15, -0.1) is 0 Å². The molecule has 0 spiro atoms. The van der Waals surface area contributed by atoms with Crippen molar-refractivity contribution in [1.82, 2.24) is 4.90 Å². The lowest BCUT2D eigenvalue weighted by Gasteiger charge is -2.47. The Bertz CT molecular complexity index is 1330. The van der Waals surface area contributed by atoms with E-state index in [4.69, 9.17) is 18.9 Å². The van der Waals surface area contributed by atoms with Crippen molar-refractivity contribution in [2.45, 2.75) is 63.6 Å². The second-order valence-corrected chi connectivity index (χ2v) is 10.5. The molecule has 0 radical (unpaired) electrons. The number of hydrogen-bond donors (Lipinski definition) is 1. The zero-order chi connectivity index (χ0) is 29.5. The molecule has 2 aliphatic heterocycles. The summed E-state index contributed by atoms with van der Waals surface area (Å²) in [6, 6.07) is 24.4. The molecule has 5 atom stereocenters. The van der Waals surface area contributed by atoms with E-state index in [-0.39, 0.29) is 36.7 Å². The maximum absolute atomic E-state index is 13.5. The topological polar surface area (TPSA) is 112 Å². The van der Waals surface area contributed by atoms with Crippen LogP contribution in [0.4, 0.5) is 0 Å². The van der Waals surface area contributed by atoms with Gasteiger partial charge in [0, 0.05) is 13.0 Å². The molecular formula is C33H35NO8. The van der Waals surface area contributed by atoms with Crippen LogP contribution in [0.25, 0.3) is 0 Å². The summed E-state index contributed by atoms with van der Waals surface area (Å²) >= 11 is 0. The van der Waals surface area contributed by atoms with Crippen molar-refractivity contribution < 1.29 is 38.4 Å². The van der Waals surface area contributed by atoms with Crippen molar-refractivity contribution in [2.75, 3.05) is 13.2 Å². The Morgan fingerprint density at radius 2 is 1.38 bits per heavy atom. The first-order valence-corrected chi connectivity index (χ1v) is 14.1. The first-order chi connectivity index (χ1) is 20.4. The van der Waals surface area contributed by atoms with Gasteiger partial charge in [0.15, 0.2) is 6.29 Å². The molecule has 2 aliphatic rings. The van der Waals surface area contributed by atoms with Crippen molar-refractivity contribution in [1.29, 1.82) is 0 Å². The highest BCUT2D eigenvalue weighted by Crippen LogP contribution is 2.34. The van der Waals surface area contributed by atoms with Crippen molar-refractivity contribution in [2.24, 2.45) is 0 Å². The highest BCUT2D eigenvalue weighted by atomic mass is 16.7. The fourth-order valence-corrected chi connectivity index (χ4v) is 5.36. The number of imide groups is 1. The van der Waals surface area contributed by atoms with E-state index < -0.39 is 42.5 Å². The van der Waals surface area contributed by atoms with E-state index in [0.29, 0.717) is 19.4 Å². The molecule has 42 heavy (non-hydrogen) atoms. The van der Waals surface area contributed by atoms with E-state index in [0.717, 1.165) is 16.0 Å². The number of amides is 2. The number of carbonyl (C=O) groups is 3. The van der Waals surface area contributed by atoms with E-state index in [1.54, 1.807) is 24.3 Å². The maximum Gasteiger partial charge on any atom is 0.262 e. The Labute approximate surface area is 245 Å². The van der Waals surface area contributed by atoms with Crippen molar-refractivity contribution in [3.05, 3.63) is 107 Å². The molecular weight excluding hydrogens is 538 g/mol. The van der Waals surface area contributed by atoms with Gasteiger partial charge in [-0.05, 0) is 36.6 Å². The standard InChI is InChI=1S/C33H35NO8/c1-22(35)11-10-18-40-29-27(21-39-19-23-12-4-2-5-13-23)42-33(38)28(30(29)41-20-24-14-6-3-7-15-24)34-31(36)25-16-8-9-17-26(25)32(34)37/h2-9,12-17,27-30,33,38H,10-11,18-21H2,1H3/t27-,28-,29-,30-,33?/m1/s1. The molecule has 9 heteroatoms. The third kappa shape index (κ3) is 6.83. The second kappa shape index (κ2) is 14.0. The molecule has 1 fully saturated rings. The number of carbonyl (C=O) groups excluding carboxylic acids is 3. The van der Waals surface area contributed by atoms with Crippen molar-refractivity contribution >= 4 is 17.6 Å². The third-order valence-corrected chi connectivity index (χ3v) is 7.42. The molecule has 5 rings (SSSR count). The number of ketones is 1. The van der Waals surface area contributed by atoms with Crippen LogP contribution in [0.5, 0.6) is 0 Å². The van der Waals surface area contributed by atoms with E-state index in [1.807, 2.05) is 60.7 Å². The Morgan fingerprint density at radius 3 is 1.98 bits per heavy atom. The summed E-state index contributed by atoms with van der Waals surface area (Å²) in [6.07, 6.45) is -3.32. The van der Waals surface area contributed by atoms with Crippen LogP contribution >= 0.6 is 0 Å².